The molecule has 0 amide bonds. The van der Waals surface area contributed by atoms with E-state index in [1.54, 1.807) is 4.57 Å². The van der Waals surface area contributed by atoms with Crippen molar-refractivity contribution in [2.24, 2.45) is 0 Å². The molecule has 0 aliphatic heterocycles. The number of halogens is 3. The lowest BCUT2D eigenvalue weighted by Crippen LogP contribution is -2.28. The maximum Gasteiger partial charge on any atom is 0.329 e. The average molecular weight is 431 g/mol. The molecular weight excluding hydrogens is 411 g/mol. The number of nitrogens with zero attached hydrogens (tertiary/aromatic N) is 5. The zero-order valence-corrected chi connectivity index (χ0v) is 16.9. The number of imidazole rings is 1. The quantitative estimate of drug-likeness (QED) is 0.448. The van der Waals surface area contributed by atoms with Crippen molar-refractivity contribution in [3.63, 3.8) is 0 Å². The minimum absolute atomic E-state index is 0.0204. The van der Waals surface area contributed by atoms with E-state index in [0.29, 0.717) is 18.6 Å². The Morgan fingerprint density at radius 2 is 1.77 bits per heavy atom. The number of hydrogen-bond donors (Lipinski definition) is 0. The highest BCUT2D eigenvalue weighted by atomic mass is 19.3. The molecular formula is C21H20F3N5O2. The van der Waals surface area contributed by atoms with Crippen molar-refractivity contribution >= 4 is 11.0 Å². The molecule has 0 radical (unpaired) electrons. The van der Waals surface area contributed by atoms with E-state index < -0.39 is 18.1 Å². The van der Waals surface area contributed by atoms with Gasteiger partial charge in [0.05, 0.1) is 17.6 Å². The third-order valence-electron chi connectivity index (χ3n) is 4.95. The summed E-state index contributed by atoms with van der Waals surface area (Å²) in [5.41, 5.74) is 1.70. The smallest absolute Gasteiger partial charge is 0.329 e. The second kappa shape index (κ2) is 8.38. The standard InChI is InChI=1S/C21H20F3N5O2/c1-27(2)9-10-28-16-5-3-4-6-17(16)29(21(28)30)12-14-8-7-13(11-15(14)22)19-25-26-20(31-19)18(23)24/h3-8,11,18H,9-10,12H2,1-2H3. The lowest BCUT2D eigenvalue weighted by atomic mass is 10.1. The van der Waals surface area contributed by atoms with Crippen LogP contribution in [-0.2, 0) is 13.1 Å². The van der Waals surface area contributed by atoms with Crippen LogP contribution in [0.25, 0.3) is 22.5 Å². The first kappa shape index (κ1) is 20.9. The van der Waals surface area contributed by atoms with Gasteiger partial charge in [-0.05, 0) is 38.4 Å². The Morgan fingerprint density at radius 3 is 2.39 bits per heavy atom. The van der Waals surface area contributed by atoms with Crippen LogP contribution in [0, 0.1) is 5.82 Å². The minimum Gasteiger partial charge on any atom is -0.415 e. The van der Waals surface area contributed by atoms with Gasteiger partial charge < -0.3 is 9.32 Å². The molecule has 162 valence electrons. The fourth-order valence-electron chi connectivity index (χ4n) is 3.36. The first-order valence-corrected chi connectivity index (χ1v) is 9.58. The van der Waals surface area contributed by atoms with E-state index in [9.17, 15) is 18.0 Å². The highest BCUT2D eigenvalue weighted by Crippen LogP contribution is 2.25. The molecule has 2 aromatic carbocycles. The Kier molecular flexibility index (Phi) is 5.64. The van der Waals surface area contributed by atoms with Crippen LogP contribution in [-0.4, -0.2) is 44.9 Å². The maximum atomic E-state index is 14.8. The lowest BCUT2D eigenvalue weighted by molar-refractivity contribution is 0.116. The summed E-state index contributed by atoms with van der Waals surface area (Å²) in [5, 5.41) is 6.78. The molecule has 0 saturated heterocycles. The van der Waals surface area contributed by atoms with Crippen LogP contribution in [0.15, 0.2) is 51.7 Å². The van der Waals surface area contributed by atoms with Crippen LogP contribution in [0.5, 0.6) is 0 Å². The molecule has 7 nitrogen and oxygen atoms in total. The van der Waals surface area contributed by atoms with Gasteiger partial charge in [0, 0.05) is 24.2 Å². The number of fused-ring (bicyclic) bond motifs is 1. The van der Waals surface area contributed by atoms with Crippen molar-refractivity contribution in [2.45, 2.75) is 19.5 Å². The third-order valence-corrected chi connectivity index (χ3v) is 4.95. The summed E-state index contributed by atoms with van der Waals surface area (Å²) < 4.78 is 48.2. The predicted molar refractivity (Wildman–Crippen MR) is 109 cm³/mol. The SMILES string of the molecule is CN(C)CCn1c(=O)n(Cc2ccc(-c3nnc(C(F)F)o3)cc2F)c2ccccc21. The maximum absolute atomic E-state index is 14.8. The zero-order valence-electron chi connectivity index (χ0n) is 16.9. The monoisotopic (exact) mass is 431 g/mol. The largest absolute Gasteiger partial charge is 0.415 e. The van der Waals surface area contributed by atoms with E-state index >= 15 is 0 Å². The molecule has 2 heterocycles. The van der Waals surface area contributed by atoms with Crippen molar-refractivity contribution < 1.29 is 17.6 Å². The van der Waals surface area contributed by atoms with Crippen molar-refractivity contribution in [1.82, 2.24) is 24.2 Å². The molecule has 0 aliphatic rings. The van der Waals surface area contributed by atoms with Crippen LogP contribution >= 0.6 is 0 Å². The summed E-state index contributed by atoms with van der Waals surface area (Å²) in [6.07, 6.45) is -2.90. The highest BCUT2D eigenvalue weighted by Gasteiger charge is 2.19. The fourth-order valence-corrected chi connectivity index (χ4v) is 3.36. The zero-order chi connectivity index (χ0) is 22.1. The molecule has 0 spiro atoms. The molecule has 0 aliphatic carbocycles. The minimum atomic E-state index is -2.90. The highest BCUT2D eigenvalue weighted by molar-refractivity contribution is 5.76. The summed E-state index contributed by atoms with van der Waals surface area (Å²) in [4.78, 5) is 15.0. The average Bonchev–Trinajstić information content (AvgIpc) is 3.32. The Morgan fingerprint density at radius 1 is 1.06 bits per heavy atom. The van der Waals surface area contributed by atoms with Gasteiger partial charge in [-0.2, -0.15) is 8.78 Å². The van der Waals surface area contributed by atoms with Gasteiger partial charge in [0.25, 0.3) is 5.89 Å². The molecule has 4 aromatic rings. The Labute approximate surface area is 175 Å². The van der Waals surface area contributed by atoms with Gasteiger partial charge in [0.15, 0.2) is 0 Å². The molecule has 0 N–H and O–H groups in total. The number of likely N-dealkylation sites (N-methyl/N-ethyl adjacent to an activating group) is 1. The number of alkyl halides is 2. The molecule has 0 fully saturated rings. The van der Waals surface area contributed by atoms with Crippen LogP contribution in [0.2, 0.25) is 0 Å². The van der Waals surface area contributed by atoms with E-state index in [4.69, 9.17) is 4.42 Å². The van der Waals surface area contributed by atoms with Crippen molar-refractivity contribution in [2.75, 3.05) is 20.6 Å². The van der Waals surface area contributed by atoms with Gasteiger partial charge >= 0.3 is 12.1 Å². The van der Waals surface area contributed by atoms with Crippen LogP contribution in [0.3, 0.4) is 0 Å². The molecule has 10 heteroatoms. The first-order valence-electron chi connectivity index (χ1n) is 9.58. The van der Waals surface area contributed by atoms with E-state index in [-0.39, 0.29) is 29.3 Å². The van der Waals surface area contributed by atoms with Gasteiger partial charge in [-0.3, -0.25) is 9.13 Å². The Hall–Kier alpha value is -3.40. The summed E-state index contributed by atoms with van der Waals surface area (Å²) in [6, 6.07) is 11.5. The van der Waals surface area contributed by atoms with Crippen LogP contribution < -0.4 is 5.69 Å². The van der Waals surface area contributed by atoms with Crippen LogP contribution in [0.4, 0.5) is 13.2 Å². The Balaban J connectivity index is 1.68. The van der Waals surface area contributed by atoms with Gasteiger partial charge in [0.2, 0.25) is 5.89 Å². The normalized spacial score (nSPS) is 11.8. The third kappa shape index (κ3) is 4.11. The van der Waals surface area contributed by atoms with Gasteiger partial charge in [-0.15, -0.1) is 10.2 Å². The van der Waals surface area contributed by atoms with E-state index in [2.05, 4.69) is 10.2 Å². The molecule has 2 aromatic heterocycles. The lowest BCUT2D eigenvalue weighted by Gasteiger charge is -2.09. The second-order valence-electron chi connectivity index (χ2n) is 7.36. The van der Waals surface area contributed by atoms with E-state index in [1.807, 2.05) is 43.3 Å². The molecule has 0 unspecified atom stereocenters. The Bertz CT molecular complexity index is 1280. The number of para-hydroxylation sites is 2. The summed E-state index contributed by atoms with van der Waals surface area (Å²) >= 11 is 0. The van der Waals surface area contributed by atoms with Crippen LogP contribution in [0.1, 0.15) is 17.9 Å². The van der Waals surface area contributed by atoms with Gasteiger partial charge in [-0.1, -0.05) is 18.2 Å². The number of aromatic nitrogens is 4. The predicted octanol–water partition coefficient (Wildman–Crippen LogP) is 3.54. The fraction of sp³-hybridized carbons (Fsp3) is 0.286. The molecule has 0 bridgehead atoms. The second-order valence-corrected chi connectivity index (χ2v) is 7.36. The molecule has 31 heavy (non-hydrogen) atoms. The van der Waals surface area contributed by atoms with Crippen molar-refractivity contribution in [3.05, 3.63) is 70.2 Å². The summed E-state index contributed by atoms with van der Waals surface area (Å²) in [6.45, 7) is 1.21. The van der Waals surface area contributed by atoms with E-state index in [0.717, 1.165) is 11.6 Å². The number of rotatable bonds is 7. The van der Waals surface area contributed by atoms with Gasteiger partial charge in [-0.25, -0.2) is 9.18 Å². The number of benzene rings is 2. The number of hydrogen-bond acceptors (Lipinski definition) is 5. The van der Waals surface area contributed by atoms with Crippen molar-refractivity contribution in [3.8, 4) is 11.5 Å². The first-order chi connectivity index (χ1) is 14.8. The molecule has 0 atom stereocenters. The molecule has 0 saturated carbocycles. The van der Waals surface area contributed by atoms with E-state index in [1.165, 1.54) is 16.7 Å². The molecule has 4 rings (SSSR count). The van der Waals surface area contributed by atoms with Crippen molar-refractivity contribution in [1.29, 1.82) is 0 Å². The topological polar surface area (TPSA) is 69.1 Å². The summed E-state index contributed by atoms with van der Waals surface area (Å²) in [7, 11) is 3.85. The van der Waals surface area contributed by atoms with Gasteiger partial charge in [0.1, 0.15) is 5.82 Å². The summed E-state index contributed by atoms with van der Waals surface area (Å²) in [5.74, 6) is -1.62.